The Labute approximate surface area is 77.5 Å². The van der Waals surface area contributed by atoms with Crippen LogP contribution in [0.1, 0.15) is 26.7 Å². The monoisotopic (exact) mass is 180 g/mol. The Hall–Kier alpha value is 0.634. The molecule has 0 aromatic rings. The molecule has 0 aromatic carbocycles. The minimum atomic E-state index is -0.319. The molecule has 0 bridgehead atoms. The molecule has 0 saturated heterocycles. The van der Waals surface area contributed by atoms with Crippen LogP contribution < -0.4 is 0 Å². The molecule has 2 nitrogen and oxygen atoms in total. The van der Waals surface area contributed by atoms with Crippen LogP contribution in [-0.2, 0) is 21.7 Å². The molecule has 0 aliphatic rings. The van der Waals surface area contributed by atoms with Crippen LogP contribution in [0.15, 0.2) is 0 Å². The van der Waals surface area contributed by atoms with Crippen LogP contribution in [0.3, 0.4) is 0 Å². The Morgan fingerprint density at radius 2 is 1.70 bits per heavy atom. The quantitative estimate of drug-likeness (QED) is 0.627. The van der Waals surface area contributed by atoms with Gasteiger partial charge in [0, 0.05) is 34.2 Å². The molecule has 0 heterocycles. The molecule has 10 heavy (non-hydrogen) atoms. The largest absolute Gasteiger partial charge is 0.396 e. The van der Waals surface area contributed by atoms with E-state index >= 15 is 0 Å². The predicted octanol–water partition coefficient (Wildman–Crippen LogP) is 0.773. The number of hydrogen-bond donors (Lipinski definition) is 2. The van der Waals surface area contributed by atoms with Gasteiger partial charge in [-0.15, -0.1) is 0 Å². The molecule has 2 unspecified atom stereocenters. The van der Waals surface area contributed by atoms with Gasteiger partial charge in [-0.25, -0.2) is 0 Å². The molecule has 2 atom stereocenters. The van der Waals surface area contributed by atoms with Crippen molar-refractivity contribution in [1.29, 1.82) is 0 Å². The second kappa shape index (κ2) is 7.74. The number of aliphatic hydroxyl groups excluding tert-OH is 2. The van der Waals surface area contributed by atoms with Crippen LogP contribution in [0.2, 0.25) is 0 Å². The van der Waals surface area contributed by atoms with Gasteiger partial charge in [-0.1, -0.05) is 13.8 Å². The fraction of sp³-hybridized carbons (Fsp3) is 1.00. The van der Waals surface area contributed by atoms with E-state index in [4.69, 9.17) is 10.2 Å². The first-order valence-electron chi connectivity index (χ1n) is 3.55. The summed E-state index contributed by atoms with van der Waals surface area (Å²) >= 11 is 0. The minimum absolute atomic E-state index is 0. The normalized spacial score (nSPS) is 15.6. The van der Waals surface area contributed by atoms with E-state index in [0.717, 1.165) is 12.8 Å². The van der Waals surface area contributed by atoms with Gasteiger partial charge in [0.2, 0.25) is 0 Å². The second-order valence-electron chi connectivity index (χ2n) is 2.33. The molecular formula is C7H16O2Ti. The molecule has 0 saturated carbocycles. The number of hydrogen-bond acceptors (Lipinski definition) is 2. The van der Waals surface area contributed by atoms with Crippen molar-refractivity contribution in [2.45, 2.75) is 32.8 Å². The van der Waals surface area contributed by atoms with Crippen molar-refractivity contribution in [1.82, 2.24) is 0 Å². The van der Waals surface area contributed by atoms with Crippen molar-refractivity contribution in [2.24, 2.45) is 5.92 Å². The molecule has 2 N–H and O–H groups in total. The Balaban J connectivity index is 0. The van der Waals surface area contributed by atoms with Gasteiger partial charge in [0.05, 0.1) is 6.10 Å². The Bertz CT molecular complexity index is 64.6. The summed E-state index contributed by atoms with van der Waals surface area (Å²) in [7, 11) is 0. The van der Waals surface area contributed by atoms with E-state index < -0.39 is 0 Å². The standard InChI is InChI=1S/C7H16O2.Ti/c1-3-6(5-8)7(9)4-2;/h6-9H,3-5H2,1-2H3;. The summed E-state index contributed by atoms with van der Waals surface area (Å²) in [5.74, 6) is 0.0787. The Morgan fingerprint density at radius 3 is 1.80 bits per heavy atom. The summed E-state index contributed by atoms with van der Waals surface area (Å²) < 4.78 is 0. The zero-order chi connectivity index (χ0) is 7.28. The van der Waals surface area contributed by atoms with Crippen LogP contribution >= 0.6 is 0 Å². The molecule has 0 fully saturated rings. The first kappa shape index (κ1) is 13.2. The van der Waals surface area contributed by atoms with Gasteiger partial charge in [0.1, 0.15) is 0 Å². The van der Waals surface area contributed by atoms with Gasteiger partial charge in [0.25, 0.3) is 0 Å². The van der Waals surface area contributed by atoms with Crippen molar-refractivity contribution in [3.05, 3.63) is 0 Å². The van der Waals surface area contributed by atoms with E-state index in [1.165, 1.54) is 0 Å². The number of rotatable bonds is 4. The predicted molar refractivity (Wildman–Crippen MR) is 37.2 cm³/mol. The number of aliphatic hydroxyl groups is 2. The molecule has 0 spiro atoms. The summed E-state index contributed by atoms with van der Waals surface area (Å²) in [5, 5.41) is 17.8. The SMILES string of the molecule is CCC(O)C(CC)CO.[Ti]. The van der Waals surface area contributed by atoms with E-state index in [-0.39, 0.29) is 40.3 Å². The van der Waals surface area contributed by atoms with Crippen LogP contribution in [-0.4, -0.2) is 22.9 Å². The van der Waals surface area contributed by atoms with Crippen molar-refractivity contribution < 1.29 is 31.9 Å². The van der Waals surface area contributed by atoms with Crippen LogP contribution in [0.4, 0.5) is 0 Å². The second-order valence-corrected chi connectivity index (χ2v) is 2.33. The van der Waals surface area contributed by atoms with E-state index in [2.05, 4.69) is 0 Å². The van der Waals surface area contributed by atoms with Crippen molar-refractivity contribution >= 4 is 0 Å². The summed E-state index contributed by atoms with van der Waals surface area (Å²) in [5.41, 5.74) is 0. The van der Waals surface area contributed by atoms with Gasteiger partial charge in [-0.3, -0.25) is 0 Å². The fourth-order valence-electron chi connectivity index (χ4n) is 0.856. The summed E-state index contributed by atoms with van der Waals surface area (Å²) in [6.07, 6.45) is 1.27. The van der Waals surface area contributed by atoms with E-state index in [0.29, 0.717) is 0 Å². The Morgan fingerprint density at radius 1 is 1.20 bits per heavy atom. The van der Waals surface area contributed by atoms with Crippen LogP contribution in [0.25, 0.3) is 0 Å². The molecule has 3 heteroatoms. The third kappa shape index (κ3) is 4.45. The zero-order valence-electron chi connectivity index (χ0n) is 6.67. The summed E-state index contributed by atoms with van der Waals surface area (Å²) in [6, 6.07) is 0. The van der Waals surface area contributed by atoms with Gasteiger partial charge >= 0.3 is 0 Å². The van der Waals surface area contributed by atoms with E-state index in [1.807, 2.05) is 13.8 Å². The van der Waals surface area contributed by atoms with Crippen molar-refractivity contribution in [2.75, 3.05) is 6.61 Å². The van der Waals surface area contributed by atoms with Gasteiger partial charge in [0.15, 0.2) is 0 Å². The molecule has 60 valence electrons. The van der Waals surface area contributed by atoms with E-state index in [9.17, 15) is 0 Å². The summed E-state index contributed by atoms with van der Waals surface area (Å²) in [4.78, 5) is 0. The summed E-state index contributed by atoms with van der Waals surface area (Å²) in [6.45, 7) is 3.99. The zero-order valence-corrected chi connectivity index (χ0v) is 8.23. The first-order valence-corrected chi connectivity index (χ1v) is 3.55. The first-order chi connectivity index (χ1) is 4.26. The minimum Gasteiger partial charge on any atom is -0.396 e. The maximum absolute atomic E-state index is 9.16. The maximum Gasteiger partial charge on any atom is 0.0587 e. The van der Waals surface area contributed by atoms with Gasteiger partial charge in [-0.2, -0.15) is 0 Å². The molecule has 0 aliphatic heterocycles. The molecule has 0 radical (unpaired) electrons. The molecule has 0 rings (SSSR count). The van der Waals surface area contributed by atoms with Gasteiger partial charge in [-0.05, 0) is 12.8 Å². The van der Waals surface area contributed by atoms with Crippen molar-refractivity contribution in [3.63, 3.8) is 0 Å². The van der Waals surface area contributed by atoms with Gasteiger partial charge < -0.3 is 10.2 Å². The fourth-order valence-corrected chi connectivity index (χ4v) is 0.856. The maximum atomic E-state index is 9.16. The van der Waals surface area contributed by atoms with E-state index in [1.54, 1.807) is 0 Å². The van der Waals surface area contributed by atoms with Crippen LogP contribution in [0.5, 0.6) is 0 Å². The Kier molecular flexibility index (Phi) is 10.2. The topological polar surface area (TPSA) is 40.5 Å². The smallest absolute Gasteiger partial charge is 0.0587 e. The van der Waals surface area contributed by atoms with Crippen LogP contribution in [0, 0.1) is 5.92 Å². The third-order valence-electron chi connectivity index (χ3n) is 1.72. The average molecular weight is 180 g/mol. The van der Waals surface area contributed by atoms with Crippen molar-refractivity contribution in [3.8, 4) is 0 Å². The average Bonchev–Trinajstić information content (AvgIpc) is 1.90. The molecule has 0 aromatic heterocycles. The molecular weight excluding hydrogens is 164 g/mol. The third-order valence-corrected chi connectivity index (χ3v) is 1.72. The molecule has 0 aliphatic carbocycles. The molecule has 0 amide bonds.